The molecular weight excluding hydrogens is 973 g/mol. The highest BCUT2D eigenvalue weighted by Crippen LogP contribution is 2.16. The Morgan fingerprint density at radius 1 is 0.266 bits per heavy atom. The number of carbonyl (C=O) groups excluding carboxylic acids is 3. The quantitative estimate of drug-likeness (QED) is 0.0261. The van der Waals surface area contributed by atoms with E-state index < -0.39 is 6.10 Å². The molecule has 1 atom stereocenters. The van der Waals surface area contributed by atoms with E-state index in [1.807, 2.05) is 0 Å². The minimum Gasteiger partial charge on any atom is -0.462 e. The summed E-state index contributed by atoms with van der Waals surface area (Å²) >= 11 is 0. The standard InChI is InChI=1S/C73H124O6/c1-4-7-10-13-16-19-22-25-27-29-31-32-33-34-35-36-37-38-39-40-42-43-45-48-51-54-57-60-63-66-72(75)78-69-70(68-77-71(74)65-62-59-56-53-50-47-24-21-18-15-12-9-6-3)79-73(76)67-64-61-58-55-52-49-46-44-41-30-28-26-23-20-17-14-11-8-5-2/h7,10,16,19,25-28,31-32,34-35,37-38,40,42,45,48,70H,4-6,8-9,11-15,17-18,20-24,29-30,33,36,39,41,43-44,46-47,49-69H2,1-3H3/b10-7-,19-16-,27-25-,28-26-,32-31-,35-34-,38-37-,42-40-,48-45-. The second-order valence-corrected chi connectivity index (χ2v) is 22.0. The smallest absolute Gasteiger partial charge is 0.306 e. The van der Waals surface area contributed by atoms with Crippen LogP contribution in [-0.4, -0.2) is 37.2 Å². The van der Waals surface area contributed by atoms with E-state index in [0.717, 1.165) is 122 Å². The fraction of sp³-hybridized carbons (Fsp3) is 0.712. The van der Waals surface area contributed by atoms with Crippen LogP contribution in [0.1, 0.15) is 316 Å². The maximum absolute atomic E-state index is 12.9. The zero-order valence-corrected chi connectivity index (χ0v) is 51.9. The van der Waals surface area contributed by atoms with E-state index in [9.17, 15) is 14.4 Å². The van der Waals surface area contributed by atoms with Gasteiger partial charge < -0.3 is 14.2 Å². The topological polar surface area (TPSA) is 78.9 Å². The summed E-state index contributed by atoms with van der Waals surface area (Å²) in [5, 5.41) is 0. The minimum atomic E-state index is -0.791. The molecule has 0 radical (unpaired) electrons. The lowest BCUT2D eigenvalue weighted by Gasteiger charge is -2.18. The highest BCUT2D eigenvalue weighted by molar-refractivity contribution is 5.71. The van der Waals surface area contributed by atoms with Gasteiger partial charge in [0, 0.05) is 19.3 Å². The average molecular weight is 1100 g/mol. The van der Waals surface area contributed by atoms with Crippen LogP contribution in [0.3, 0.4) is 0 Å². The first-order valence-corrected chi connectivity index (χ1v) is 33.4. The summed E-state index contributed by atoms with van der Waals surface area (Å²) in [6.45, 7) is 6.53. The van der Waals surface area contributed by atoms with Crippen LogP contribution in [0.5, 0.6) is 0 Å². The lowest BCUT2D eigenvalue weighted by molar-refractivity contribution is -0.167. The number of carbonyl (C=O) groups is 3. The zero-order valence-electron chi connectivity index (χ0n) is 51.9. The van der Waals surface area contributed by atoms with E-state index in [4.69, 9.17) is 14.2 Å². The van der Waals surface area contributed by atoms with Gasteiger partial charge in [0.2, 0.25) is 0 Å². The van der Waals surface area contributed by atoms with Gasteiger partial charge in [-0.3, -0.25) is 14.4 Å². The molecule has 79 heavy (non-hydrogen) atoms. The second kappa shape index (κ2) is 66.6. The fourth-order valence-electron chi connectivity index (χ4n) is 9.28. The number of esters is 3. The molecule has 0 fully saturated rings. The van der Waals surface area contributed by atoms with Crippen LogP contribution >= 0.6 is 0 Å². The number of rotatable bonds is 60. The molecule has 0 N–H and O–H groups in total. The molecule has 0 heterocycles. The highest BCUT2D eigenvalue weighted by Gasteiger charge is 2.19. The molecule has 6 heteroatoms. The van der Waals surface area contributed by atoms with Crippen LogP contribution in [0.25, 0.3) is 0 Å². The highest BCUT2D eigenvalue weighted by atomic mass is 16.6. The van der Waals surface area contributed by atoms with Crippen molar-refractivity contribution in [3.63, 3.8) is 0 Å². The van der Waals surface area contributed by atoms with Gasteiger partial charge in [-0.05, 0) is 109 Å². The molecule has 0 saturated carbocycles. The molecule has 0 bridgehead atoms. The summed E-state index contributed by atoms with van der Waals surface area (Å²) in [6.07, 6.45) is 90.9. The minimum absolute atomic E-state index is 0.0848. The summed E-state index contributed by atoms with van der Waals surface area (Å²) in [5.41, 5.74) is 0. The molecule has 0 aliphatic carbocycles. The van der Waals surface area contributed by atoms with Crippen LogP contribution in [-0.2, 0) is 28.6 Å². The molecule has 0 saturated heterocycles. The Hall–Kier alpha value is -3.93. The predicted molar refractivity (Wildman–Crippen MR) is 343 cm³/mol. The number of unbranched alkanes of at least 4 members (excludes halogenated alkanes) is 31. The molecule has 0 aromatic heterocycles. The van der Waals surface area contributed by atoms with Crippen LogP contribution in [0, 0.1) is 0 Å². The van der Waals surface area contributed by atoms with Gasteiger partial charge in [-0.2, -0.15) is 0 Å². The first-order chi connectivity index (χ1) is 39.0. The number of hydrogen-bond donors (Lipinski definition) is 0. The molecule has 0 aliphatic rings. The van der Waals surface area contributed by atoms with Crippen LogP contribution in [0.2, 0.25) is 0 Å². The first-order valence-electron chi connectivity index (χ1n) is 33.4. The summed E-state index contributed by atoms with van der Waals surface area (Å²) in [7, 11) is 0. The Balaban J connectivity index is 4.37. The molecule has 6 nitrogen and oxygen atoms in total. The van der Waals surface area contributed by atoms with Crippen molar-refractivity contribution in [2.45, 2.75) is 322 Å². The van der Waals surface area contributed by atoms with Crippen molar-refractivity contribution < 1.29 is 28.6 Å². The van der Waals surface area contributed by atoms with Gasteiger partial charge in [0.25, 0.3) is 0 Å². The Morgan fingerprint density at radius 3 is 0.785 bits per heavy atom. The van der Waals surface area contributed by atoms with Gasteiger partial charge in [0.05, 0.1) is 0 Å². The van der Waals surface area contributed by atoms with Gasteiger partial charge in [-0.15, -0.1) is 0 Å². The van der Waals surface area contributed by atoms with Gasteiger partial charge >= 0.3 is 17.9 Å². The van der Waals surface area contributed by atoms with E-state index in [0.29, 0.717) is 19.3 Å². The van der Waals surface area contributed by atoms with Crippen LogP contribution in [0.15, 0.2) is 109 Å². The monoisotopic (exact) mass is 1100 g/mol. The Kier molecular flexibility index (Phi) is 63.3. The SMILES string of the molecule is CC/C=C\C/C=C\C/C=C\C/C=C\C/C=C\C/C=C\C/C=C\C/C=C\CCCCCCC(=O)OCC(COC(=O)CCCCCCCCCCCCCCC)OC(=O)CCCCCCCCCCC/C=C\CCCCCCCC. The van der Waals surface area contributed by atoms with Crippen LogP contribution in [0.4, 0.5) is 0 Å². The van der Waals surface area contributed by atoms with E-state index in [2.05, 4.69) is 130 Å². The Labute approximate surface area is 489 Å². The predicted octanol–water partition coefficient (Wildman–Crippen LogP) is 23.0. The van der Waals surface area contributed by atoms with Crippen molar-refractivity contribution in [2.75, 3.05) is 13.2 Å². The van der Waals surface area contributed by atoms with E-state index >= 15 is 0 Å². The normalized spacial score (nSPS) is 12.8. The van der Waals surface area contributed by atoms with Gasteiger partial charge in [0.1, 0.15) is 13.2 Å². The number of hydrogen-bond acceptors (Lipinski definition) is 6. The zero-order chi connectivity index (χ0) is 57.1. The Morgan fingerprint density at radius 2 is 0.494 bits per heavy atom. The average Bonchev–Trinajstić information content (AvgIpc) is 3.45. The largest absolute Gasteiger partial charge is 0.462 e. The lowest BCUT2D eigenvalue weighted by atomic mass is 10.0. The molecule has 0 aromatic carbocycles. The van der Waals surface area contributed by atoms with Crippen molar-refractivity contribution in [3.05, 3.63) is 109 Å². The molecule has 0 aliphatic heterocycles. The molecule has 0 spiro atoms. The number of ether oxygens (including phenoxy) is 3. The molecule has 0 amide bonds. The molecule has 0 rings (SSSR count). The second-order valence-electron chi connectivity index (χ2n) is 22.0. The third-order valence-electron chi connectivity index (χ3n) is 14.3. The van der Waals surface area contributed by atoms with Crippen LogP contribution < -0.4 is 0 Å². The summed E-state index contributed by atoms with van der Waals surface area (Å²) < 4.78 is 16.9. The van der Waals surface area contributed by atoms with Crippen molar-refractivity contribution in [3.8, 4) is 0 Å². The first kappa shape index (κ1) is 75.1. The molecule has 0 aromatic rings. The summed E-state index contributed by atoms with van der Waals surface area (Å²) in [5.74, 6) is -0.902. The van der Waals surface area contributed by atoms with E-state index in [1.54, 1.807) is 0 Å². The summed E-state index contributed by atoms with van der Waals surface area (Å²) in [6, 6.07) is 0. The summed E-state index contributed by atoms with van der Waals surface area (Å²) in [4.78, 5) is 38.3. The van der Waals surface area contributed by atoms with Crippen molar-refractivity contribution in [2.24, 2.45) is 0 Å². The third-order valence-corrected chi connectivity index (χ3v) is 14.3. The van der Waals surface area contributed by atoms with Crippen molar-refractivity contribution >= 4 is 17.9 Å². The Bertz CT molecular complexity index is 1590. The van der Waals surface area contributed by atoms with Gasteiger partial charge in [0.15, 0.2) is 6.10 Å². The molecule has 452 valence electrons. The van der Waals surface area contributed by atoms with E-state index in [-0.39, 0.29) is 31.1 Å². The van der Waals surface area contributed by atoms with Gasteiger partial charge in [-0.25, -0.2) is 0 Å². The third kappa shape index (κ3) is 64.8. The van der Waals surface area contributed by atoms with Crippen molar-refractivity contribution in [1.29, 1.82) is 0 Å². The van der Waals surface area contributed by atoms with E-state index in [1.165, 1.54) is 154 Å². The molecular formula is C73H124O6. The fourth-order valence-corrected chi connectivity index (χ4v) is 9.28. The maximum atomic E-state index is 12.9. The van der Waals surface area contributed by atoms with Crippen molar-refractivity contribution in [1.82, 2.24) is 0 Å². The lowest BCUT2D eigenvalue weighted by Crippen LogP contribution is -2.30. The molecule has 1 unspecified atom stereocenters. The van der Waals surface area contributed by atoms with Gasteiger partial charge in [-0.1, -0.05) is 297 Å². The number of allylic oxidation sites excluding steroid dienone is 18. The maximum Gasteiger partial charge on any atom is 0.306 e.